The zero-order valence-electron chi connectivity index (χ0n) is 12.7. The summed E-state index contributed by atoms with van der Waals surface area (Å²) in [7, 11) is 0. The molecule has 1 N–H and O–H groups in total. The smallest absolute Gasteiger partial charge is 0.128 e. The fourth-order valence-corrected chi connectivity index (χ4v) is 3.18. The van der Waals surface area contributed by atoms with Gasteiger partial charge in [-0.1, -0.05) is 27.2 Å². The van der Waals surface area contributed by atoms with Gasteiger partial charge in [0.1, 0.15) is 11.6 Å². The quantitative estimate of drug-likeness (QED) is 0.782. The van der Waals surface area contributed by atoms with Gasteiger partial charge in [-0.3, -0.25) is 0 Å². The van der Waals surface area contributed by atoms with Crippen molar-refractivity contribution in [3.05, 3.63) is 29.8 Å². The van der Waals surface area contributed by atoms with Crippen molar-refractivity contribution in [2.75, 3.05) is 5.32 Å². The number of benzene rings is 1. The fraction of sp³-hybridized carbons (Fsp3) is 0.647. The molecule has 0 spiro atoms. The van der Waals surface area contributed by atoms with Gasteiger partial charge in [0.05, 0.1) is 0 Å². The zero-order chi connectivity index (χ0) is 14.8. The maximum Gasteiger partial charge on any atom is 0.128 e. The lowest BCUT2D eigenvalue weighted by molar-refractivity contribution is 0.147. The van der Waals surface area contributed by atoms with Crippen LogP contribution in [0.5, 0.6) is 0 Å². The van der Waals surface area contributed by atoms with Gasteiger partial charge >= 0.3 is 0 Å². The third kappa shape index (κ3) is 3.71. The summed E-state index contributed by atoms with van der Waals surface area (Å²) in [6.07, 6.45) is 5.73. The van der Waals surface area contributed by atoms with E-state index in [1.165, 1.54) is 31.4 Å². The molecule has 0 radical (unpaired) electrons. The second kappa shape index (κ2) is 6.11. The van der Waals surface area contributed by atoms with E-state index in [0.717, 1.165) is 24.8 Å². The molecule has 0 unspecified atom stereocenters. The van der Waals surface area contributed by atoms with Crippen LogP contribution in [-0.4, -0.2) is 6.04 Å². The molecule has 0 saturated heterocycles. The van der Waals surface area contributed by atoms with Crippen LogP contribution in [0.4, 0.5) is 14.5 Å². The molecule has 0 amide bonds. The van der Waals surface area contributed by atoms with E-state index >= 15 is 0 Å². The van der Waals surface area contributed by atoms with Crippen LogP contribution in [0.1, 0.15) is 52.9 Å². The molecular weight excluding hydrogens is 256 g/mol. The van der Waals surface area contributed by atoms with Crippen LogP contribution in [0.25, 0.3) is 0 Å². The summed E-state index contributed by atoms with van der Waals surface area (Å²) >= 11 is 0. The van der Waals surface area contributed by atoms with Crippen LogP contribution in [-0.2, 0) is 0 Å². The number of hydrogen-bond acceptors (Lipinski definition) is 1. The molecule has 0 aromatic heterocycles. The Labute approximate surface area is 120 Å². The summed E-state index contributed by atoms with van der Waals surface area (Å²) in [6, 6.07) is 3.97. The fourth-order valence-electron chi connectivity index (χ4n) is 3.18. The first kappa shape index (κ1) is 15.3. The summed E-state index contributed by atoms with van der Waals surface area (Å²) in [6.45, 7) is 6.93. The molecule has 112 valence electrons. The molecule has 1 aliphatic rings. The van der Waals surface area contributed by atoms with Gasteiger partial charge in [0, 0.05) is 17.8 Å². The number of halogens is 2. The topological polar surface area (TPSA) is 12.0 Å². The van der Waals surface area contributed by atoms with E-state index < -0.39 is 11.6 Å². The molecule has 0 atom stereocenters. The lowest BCUT2D eigenvalue weighted by Crippen LogP contribution is -2.32. The van der Waals surface area contributed by atoms with Crippen molar-refractivity contribution >= 4 is 5.69 Å². The van der Waals surface area contributed by atoms with Gasteiger partial charge in [-0.05, 0) is 49.1 Å². The molecule has 1 nitrogen and oxygen atoms in total. The predicted octanol–water partition coefficient (Wildman–Crippen LogP) is 5.37. The number of rotatable bonds is 4. The Hall–Kier alpha value is -1.12. The Morgan fingerprint density at radius 2 is 1.60 bits per heavy atom. The van der Waals surface area contributed by atoms with Gasteiger partial charge in [-0.15, -0.1) is 0 Å². The molecule has 3 heteroatoms. The number of anilines is 1. The van der Waals surface area contributed by atoms with Crippen molar-refractivity contribution in [1.29, 1.82) is 0 Å². The molecule has 0 bridgehead atoms. The molecule has 1 fully saturated rings. The van der Waals surface area contributed by atoms with E-state index in [2.05, 4.69) is 26.1 Å². The minimum atomic E-state index is -0.520. The molecular formula is C17H25F2N. The summed E-state index contributed by atoms with van der Waals surface area (Å²) in [4.78, 5) is 0. The van der Waals surface area contributed by atoms with Gasteiger partial charge in [0.25, 0.3) is 0 Å². The van der Waals surface area contributed by atoms with Crippen LogP contribution in [0.15, 0.2) is 18.2 Å². The highest BCUT2D eigenvalue weighted by molar-refractivity contribution is 5.44. The molecule has 2 rings (SSSR count). The van der Waals surface area contributed by atoms with E-state index in [9.17, 15) is 8.78 Å². The third-order valence-corrected chi connectivity index (χ3v) is 4.98. The standard InChI is InChI=1S/C17H25F2N/c1-4-17(2,3)12-5-7-15(8-6-12)20-16-10-13(18)9-14(19)11-16/h9-12,15,20H,4-8H2,1-3H3. The first-order chi connectivity index (χ1) is 9.40. The first-order valence-electron chi connectivity index (χ1n) is 7.63. The van der Waals surface area contributed by atoms with Crippen molar-refractivity contribution in [3.63, 3.8) is 0 Å². The van der Waals surface area contributed by atoms with Crippen LogP contribution in [0.3, 0.4) is 0 Å². The van der Waals surface area contributed by atoms with Gasteiger partial charge in [0.15, 0.2) is 0 Å². The Morgan fingerprint density at radius 3 is 2.10 bits per heavy atom. The van der Waals surface area contributed by atoms with Gasteiger partial charge in [0.2, 0.25) is 0 Å². The Balaban J connectivity index is 1.91. The Kier molecular flexibility index (Phi) is 4.66. The molecule has 1 aliphatic carbocycles. The second-order valence-electron chi connectivity index (χ2n) is 6.69. The van der Waals surface area contributed by atoms with Crippen LogP contribution in [0.2, 0.25) is 0 Å². The Bertz CT molecular complexity index is 428. The maximum atomic E-state index is 13.2. The number of nitrogens with one attached hydrogen (secondary N) is 1. The highest BCUT2D eigenvalue weighted by Gasteiger charge is 2.31. The lowest BCUT2D eigenvalue weighted by Gasteiger charge is -2.39. The Morgan fingerprint density at radius 1 is 1.05 bits per heavy atom. The minimum absolute atomic E-state index is 0.333. The van der Waals surface area contributed by atoms with Crippen molar-refractivity contribution in [3.8, 4) is 0 Å². The molecule has 1 saturated carbocycles. The van der Waals surface area contributed by atoms with Crippen molar-refractivity contribution < 1.29 is 8.78 Å². The van der Waals surface area contributed by atoms with Gasteiger partial charge < -0.3 is 5.32 Å². The van der Waals surface area contributed by atoms with Crippen LogP contribution >= 0.6 is 0 Å². The highest BCUT2D eigenvalue weighted by Crippen LogP contribution is 2.40. The van der Waals surface area contributed by atoms with Gasteiger partial charge in [-0.2, -0.15) is 0 Å². The van der Waals surface area contributed by atoms with Crippen molar-refractivity contribution in [2.45, 2.75) is 58.9 Å². The van der Waals surface area contributed by atoms with Crippen LogP contribution < -0.4 is 5.32 Å². The molecule has 1 aromatic rings. The second-order valence-corrected chi connectivity index (χ2v) is 6.69. The summed E-state index contributed by atoms with van der Waals surface area (Å²) in [5.41, 5.74) is 0.955. The first-order valence-corrected chi connectivity index (χ1v) is 7.63. The minimum Gasteiger partial charge on any atom is -0.382 e. The lowest BCUT2D eigenvalue weighted by atomic mass is 9.69. The predicted molar refractivity (Wildman–Crippen MR) is 79.8 cm³/mol. The van der Waals surface area contributed by atoms with Crippen LogP contribution in [0, 0.1) is 23.0 Å². The van der Waals surface area contributed by atoms with E-state index in [0.29, 0.717) is 17.1 Å². The maximum absolute atomic E-state index is 13.2. The molecule has 0 heterocycles. The normalized spacial score (nSPS) is 23.6. The van der Waals surface area contributed by atoms with Gasteiger partial charge in [-0.25, -0.2) is 8.78 Å². The SMILES string of the molecule is CCC(C)(C)C1CCC(Nc2cc(F)cc(F)c2)CC1. The number of hydrogen-bond donors (Lipinski definition) is 1. The zero-order valence-corrected chi connectivity index (χ0v) is 12.7. The molecule has 0 aliphatic heterocycles. The average molecular weight is 281 g/mol. The van der Waals surface area contributed by atoms with Crippen molar-refractivity contribution in [2.24, 2.45) is 11.3 Å². The summed E-state index contributed by atoms with van der Waals surface area (Å²) < 4.78 is 26.3. The third-order valence-electron chi connectivity index (χ3n) is 4.98. The van der Waals surface area contributed by atoms with E-state index in [1.54, 1.807) is 0 Å². The molecule has 20 heavy (non-hydrogen) atoms. The van der Waals surface area contributed by atoms with E-state index in [-0.39, 0.29) is 0 Å². The monoisotopic (exact) mass is 281 g/mol. The average Bonchev–Trinajstić information content (AvgIpc) is 2.38. The van der Waals surface area contributed by atoms with E-state index in [1.807, 2.05) is 0 Å². The highest BCUT2D eigenvalue weighted by atomic mass is 19.1. The molecule has 1 aromatic carbocycles. The summed E-state index contributed by atoms with van der Waals surface area (Å²) in [5.74, 6) is -0.281. The van der Waals surface area contributed by atoms with E-state index in [4.69, 9.17) is 0 Å². The van der Waals surface area contributed by atoms with Crippen molar-refractivity contribution in [1.82, 2.24) is 0 Å². The largest absolute Gasteiger partial charge is 0.382 e. The summed E-state index contributed by atoms with van der Waals surface area (Å²) in [5, 5.41) is 3.27.